The number of nitrogens with zero attached hydrogens (tertiary/aromatic N) is 1. The molecule has 0 N–H and O–H groups in total. The Labute approximate surface area is 106 Å². The highest BCUT2D eigenvalue weighted by atomic mass is 127. The Morgan fingerprint density at radius 3 is 3.00 bits per heavy atom. The molecule has 4 nitrogen and oxygen atoms in total. The zero-order chi connectivity index (χ0) is 11.7. The number of halogens is 1. The Balaban J connectivity index is 2.54. The van der Waals surface area contributed by atoms with Gasteiger partial charge in [0.1, 0.15) is 0 Å². The minimum atomic E-state index is -0.332. The predicted molar refractivity (Wildman–Crippen MR) is 69.7 cm³/mol. The largest absolute Gasteiger partial charge is 0.420 e. The Kier molecular flexibility index (Phi) is 3.34. The first-order valence-corrected chi connectivity index (χ1v) is 6.01. The van der Waals surface area contributed by atoms with E-state index in [0.717, 1.165) is 9.09 Å². The summed E-state index contributed by atoms with van der Waals surface area (Å²) in [6.07, 6.45) is -0.0173. The van der Waals surface area contributed by atoms with E-state index in [1.54, 1.807) is 11.7 Å². The number of aromatic nitrogens is 1. The number of methoxy groups -OCH3 is 1. The topological polar surface area (TPSA) is 44.4 Å². The standard InChI is InChI=1S/C11H12INO3/c1-7(15-2)6-13-9-5-8(12)3-4-10(9)16-11(13)14/h3-5,7H,6H2,1-2H3. The van der Waals surface area contributed by atoms with Crippen LogP contribution in [0, 0.1) is 3.57 Å². The van der Waals surface area contributed by atoms with Gasteiger partial charge in [0.05, 0.1) is 18.2 Å². The maximum Gasteiger partial charge on any atom is 0.420 e. The van der Waals surface area contributed by atoms with E-state index in [4.69, 9.17) is 9.15 Å². The van der Waals surface area contributed by atoms with Gasteiger partial charge in [-0.2, -0.15) is 0 Å². The van der Waals surface area contributed by atoms with Gasteiger partial charge in [0.2, 0.25) is 0 Å². The maximum absolute atomic E-state index is 11.6. The van der Waals surface area contributed by atoms with Crippen molar-refractivity contribution in [2.45, 2.75) is 19.6 Å². The van der Waals surface area contributed by atoms with Gasteiger partial charge in [-0.05, 0) is 47.7 Å². The molecule has 2 rings (SSSR count). The van der Waals surface area contributed by atoms with Crippen molar-refractivity contribution < 1.29 is 9.15 Å². The minimum Gasteiger partial charge on any atom is -0.408 e. The lowest BCUT2D eigenvalue weighted by molar-refractivity contribution is 0.102. The molecule has 1 aromatic carbocycles. The lowest BCUT2D eigenvalue weighted by Crippen LogP contribution is -2.22. The summed E-state index contributed by atoms with van der Waals surface area (Å²) in [5.74, 6) is -0.332. The smallest absolute Gasteiger partial charge is 0.408 e. The van der Waals surface area contributed by atoms with Crippen LogP contribution in [0.4, 0.5) is 0 Å². The molecule has 0 saturated carbocycles. The monoisotopic (exact) mass is 333 g/mol. The summed E-state index contributed by atoms with van der Waals surface area (Å²) in [5, 5.41) is 0. The summed E-state index contributed by atoms with van der Waals surface area (Å²) < 4.78 is 13.0. The average molecular weight is 333 g/mol. The van der Waals surface area contributed by atoms with Gasteiger partial charge in [0, 0.05) is 10.7 Å². The highest BCUT2D eigenvalue weighted by Crippen LogP contribution is 2.16. The number of hydrogen-bond donors (Lipinski definition) is 0. The van der Waals surface area contributed by atoms with Gasteiger partial charge in [-0.25, -0.2) is 4.79 Å². The summed E-state index contributed by atoms with van der Waals surface area (Å²) in [6.45, 7) is 2.42. The third-order valence-electron chi connectivity index (χ3n) is 2.47. The molecule has 1 atom stereocenters. The van der Waals surface area contributed by atoms with Crippen LogP contribution in [0.3, 0.4) is 0 Å². The summed E-state index contributed by atoms with van der Waals surface area (Å²) in [4.78, 5) is 11.6. The molecule has 16 heavy (non-hydrogen) atoms. The number of rotatable bonds is 3. The Morgan fingerprint density at radius 2 is 2.31 bits per heavy atom. The second-order valence-electron chi connectivity index (χ2n) is 3.64. The number of hydrogen-bond acceptors (Lipinski definition) is 3. The van der Waals surface area contributed by atoms with Crippen molar-refractivity contribution in [3.63, 3.8) is 0 Å². The van der Waals surface area contributed by atoms with Gasteiger partial charge >= 0.3 is 5.76 Å². The third-order valence-corrected chi connectivity index (χ3v) is 3.14. The van der Waals surface area contributed by atoms with E-state index in [2.05, 4.69) is 22.6 Å². The van der Waals surface area contributed by atoms with E-state index in [1.807, 2.05) is 25.1 Å². The number of fused-ring (bicyclic) bond motifs is 1. The quantitative estimate of drug-likeness (QED) is 0.809. The van der Waals surface area contributed by atoms with Crippen molar-refractivity contribution in [3.8, 4) is 0 Å². The second-order valence-corrected chi connectivity index (χ2v) is 4.88. The van der Waals surface area contributed by atoms with E-state index >= 15 is 0 Å². The fourth-order valence-corrected chi connectivity index (χ4v) is 2.01. The Morgan fingerprint density at radius 1 is 1.56 bits per heavy atom. The molecular formula is C11H12INO3. The molecule has 1 aromatic heterocycles. The van der Waals surface area contributed by atoms with E-state index < -0.39 is 0 Å². The van der Waals surface area contributed by atoms with Crippen LogP contribution in [0.5, 0.6) is 0 Å². The molecule has 0 saturated heterocycles. The van der Waals surface area contributed by atoms with Crippen molar-refractivity contribution in [2.24, 2.45) is 0 Å². The molecule has 0 aliphatic rings. The molecule has 86 valence electrons. The van der Waals surface area contributed by atoms with Crippen LogP contribution in [-0.2, 0) is 11.3 Å². The van der Waals surface area contributed by atoms with Crippen LogP contribution >= 0.6 is 22.6 Å². The van der Waals surface area contributed by atoms with E-state index in [0.29, 0.717) is 12.1 Å². The van der Waals surface area contributed by atoms with Crippen molar-refractivity contribution in [1.82, 2.24) is 4.57 Å². The predicted octanol–water partition coefficient (Wildman–Crippen LogP) is 2.23. The molecule has 1 heterocycles. The number of benzene rings is 1. The van der Waals surface area contributed by atoms with Crippen molar-refractivity contribution in [2.75, 3.05) is 7.11 Å². The van der Waals surface area contributed by atoms with Crippen LogP contribution in [-0.4, -0.2) is 17.8 Å². The van der Waals surface area contributed by atoms with Crippen LogP contribution < -0.4 is 5.76 Å². The maximum atomic E-state index is 11.6. The lowest BCUT2D eigenvalue weighted by atomic mass is 10.3. The molecule has 0 spiro atoms. The lowest BCUT2D eigenvalue weighted by Gasteiger charge is -2.09. The van der Waals surface area contributed by atoms with Crippen LogP contribution in [0.25, 0.3) is 11.1 Å². The molecule has 0 aliphatic carbocycles. The molecule has 0 aliphatic heterocycles. The zero-order valence-corrected chi connectivity index (χ0v) is 11.2. The fourth-order valence-electron chi connectivity index (χ4n) is 1.54. The third kappa shape index (κ3) is 2.15. The Bertz CT molecular complexity index is 558. The van der Waals surface area contributed by atoms with E-state index in [9.17, 15) is 4.79 Å². The number of ether oxygens (including phenoxy) is 1. The fraction of sp³-hybridized carbons (Fsp3) is 0.364. The molecule has 2 aromatic rings. The first-order valence-electron chi connectivity index (χ1n) is 4.93. The highest BCUT2D eigenvalue weighted by molar-refractivity contribution is 14.1. The normalized spacial score (nSPS) is 13.2. The van der Waals surface area contributed by atoms with Gasteiger partial charge in [-0.1, -0.05) is 0 Å². The molecule has 0 fully saturated rings. The summed E-state index contributed by atoms with van der Waals surface area (Å²) in [6, 6.07) is 5.66. The van der Waals surface area contributed by atoms with Crippen molar-refractivity contribution >= 4 is 33.7 Å². The SMILES string of the molecule is COC(C)Cn1c(=O)oc2ccc(I)cc21. The summed E-state index contributed by atoms with van der Waals surface area (Å²) in [7, 11) is 1.63. The van der Waals surface area contributed by atoms with Crippen molar-refractivity contribution in [1.29, 1.82) is 0 Å². The molecule has 0 amide bonds. The molecule has 5 heteroatoms. The summed E-state index contributed by atoms with van der Waals surface area (Å²) >= 11 is 2.21. The first-order chi connectivity index (χ1) is 7.61. The zero-order valence-electron chi connectivity index (χ0n) is 9.07. The first kappa shape index (κ1) is 11.7. The second kappa shape index (κ2) is 4.58. The molecule has 1 unspecified atom stereocenters. The molecule has 0 radical (unpaired) electrons. The minimum absolute atomic E-state index is 0.0173. The molecule has 0 bridgehead atoms. The number of oxazole rings is 1. The van der Waals surface area contributed by atoms with Gasteiger partial charge in [-0.15, -0.1) is 0 Å². The van der Waals surface area contributed by atoms with Gasteiger partial charge < -0.3 is 9.15 Å². The van der Waals surface area contributed by atoms with Gasteiger partial charge in [0.15, 0.2) is 5.58 Å². The van der Waals surface area contributed by atoms with Crippen LogP contribution in [0.15, 0.2) is 27.4 Å². The van der Waals surface area contributed by atoms with E-state index in [-0.39, 0.29) is 11.9 Å². The van der Waals surface area contributed by atoms with Gasteiger partial charge in [-0.3, -0.25) is 4.57 Å². The van der Waals surface area contributed by atoms with Gasteiger partial charge in [0.25, 0.3) is 0 Å². The van der Waals surface area contributed by atoms with Crippen LogP contribution in [0.2, 0.25) is 0 Å². The molecular weight excluding hydrogens is 321 g/mol. The summed E-state index contributed by atoms with van der Waals surface area (Å²) in [5.41, 5.74) is 1.44. The van der Waals surface area contributed by atoms with E-state index in [1.165, 1.54) is 0 Å². The van der Waals surface area contributed by atoms with Crippen molar-refractivity contribution in [3.05, 3.63) is 32.3 Å². The Hall–Kier alpha value is -0.820. The van der Waals surface area contributed by atoms with Crippen LogP contribution in [0.1, 0.15) is 6.92 Å². The highest BCUT2D eigenvalue weighted by Gasteiger charge is 2.11. The average Bonchev–Trinajstić information content (AvgIpc) is 2.55.